The normalized spacial score (nSPS) is 9.71. The van der Waals surface area contributed by atoms with Crippen molar-refractivity contribution in [3.8, 4) is 11.8 Å². The lowest BCUT2D eigenvalue weighted by Crippen LogP contribution is -1.98. The van der Waals surface area contributed by atoms with Gasteiger partial charge in [0.1, 0.15) is 5.75 Å². The van der Waals surface area contributed by atoms with Gasteiger partial charge in [0.2, 0.25) is 0 Å². The highest BCUT2D eigenvalue weighted by Crippen LogP contribution is 2.36. The summed E-state index contributed by atoms with van der Waals surface area (Å²) in [7, 11) is 1.64. The van der Waals surface area contributed by atoms with Gasteiger partial charge < -0.3 is 4.74 Å². The molecule has 0 aromatic heterocycles. The highest BCUT2D eigenvalue weighted by Gasteiger charge is 2.15. The van der Waals surface area contributed by atoms with E-state index in [0.29, 0.717) is 0 Å². The summed E-state index contributed by atoms with van der Waals surface area (Å²) in [5.41, 5.74) is 3.68. The minimum Gasteiger partial charge on any atom is -0.495 e. The van der Waals surface area contributed by atoms with Gasteiger partial charge in [0, 0.05) is 0 Å². The van der Waals surface area contributed by atoms with Crippen LogP contribution in [0.4, 0.5) is 0 Å². The predicted octanol–water partition coefficient (Wildman–Crippen LogP) is 3.25. The van der Waals surface area contributed by atoms with Crippen molar-refractivity contribution in [3.63, 3.8) is 0 Å². The zero-order valence-corrected chi connectivity index (χ0v) is 10.3. The van der Waals surface area contributed by atoms with E-state index < -0.39 is 0 Å². The molecule has 74 valence electrons. The summed E-state index contributed by atoms with van der Waals surface area (Å²) in [4.78, 5) is 0. The molecule has 0 radical (unpaired) electrons. The second-order valence-corrected chi connectivity index (χ2v) is 4.00. The smallest absolute Gasteiger partial charge is 0.136 e. The van der Waals surface area contributed by atoms with Gasteiger partial charge in [0.25, 0.3) is 0 Å². The Morgan fingerprint density at radius 2 is 1.71 bits per heavy atom. The van der Waals surface area contributed by atoms with E-state index in [1.165, 1.54) is 0 Å². The Morgan fingerprint density at radius 3 is 2.14 bits per heavy atom. The molecule has 0 unspecified atom stereocenters. The molecule has 0 spiro atoms. The van der Waals surface area contributed by atoms with E-state index in [9.17, 15) is 0 Å². The largest absolute Gasteiger partial charge is 0.495 e. The molecule has 0 bridgehead atoms. The third-order valence-electron chi connectivity index (χ3n) is 2.50. The molecular weight excluding hydrogens is 242 g/mol. The lowest BCUT2D eigenvalue weighted by molar-refractivity contribution is 0.408. The number of halogens is 1. The maximum atomic E-state index is 9.00. The average molecular weight is 254 g/mol. The standard InChI is InChI=1S/C11H12BrNO/c1-6-7(2)11(14-4)10(12)8(3)9(6)5-13/h1-4H3. The first-order valence-electron chi connectivity index (χ1n) is 4.27. The number of hydrogen-bond acceptors (Lipinski definition) is 2. The fourth-order valence-electron chi connectivity index (χ4n) is 1.49. The number of nitrogens with zero attached hydrogens (tertiary/aromatic N) is 1. The second kappa shape index (κ2) is 4.02. The Morgan fingerprint density at radius 1 is 1.14 bits per heavy atom. The van der Waals surface area contributed by atoms with Gasteiger partial charge in [-0.25, -0.2) is 0 Å². The second-order valence-electron chi connectivity index (χ2n) is 3.21. The molecule has 1 rings (SSSR count). The first-order chi connectivity index (χ1) is 6.54. The number of ether oxygens (including phenoxy) is 1. The number of benzene rings is 1. The number of nitriles is 1. The van der Waals surface area contributed by atoms with Crippen LogP contribution in [-0.4, -0.2) is 7.11 Å². The van der Waals surface area contributed by atoms with Crippen LogP contribution in [-0.2, 0) is 0 Å². The summed E-state index contributed by atoms with van der Waals surface area (Å²) in [5, 5.41) is 9.00. The van der Waals surface area contributed by atoms with Crippen molar-refractivity contribution < 1.29 is 4.74 Å². The topological polar surface area (TPSA) is 33.0 Å². The van der Waals surface area contributed by atoms with E-state index >= 15 is 0 Å². The molecule has 0 atom stereocenters. The molecule has 1 aromatic carbocycles. The molecule has 0 aliphatic heterocycles. The van der Waals surface area contributed by atoms with Crippen LogP contribution in [0.25, 0.3) is 0 Å². The Balaban J connectivity index is 3.66. The van der Waals surface area contributed by atoms with Gasteiger partial charge in [-0.1, -0.05) is 0 Å². The first kappa shape index (κ1) is 11.1. The van der Waals surface area contributed by atoms with Crippen LogP contribution in [0.15, 0.2) is 4.47 Å². The van der Waals surface area contributed by atoms with Crippen molar-refractivity contribution in [2.24, 2.45) is 0 Å². The van der Waals surface area contributed by atoms with Gasteiger partial charge in [-0.2, -0.15) is 5.26 Å². The van der Waals surface area contributed by atoms with Gasteiger partial charge in [-0.05, 0) is 53.4 Å². The van der Waals surface area contributed by atoms with Crippen LogP contribution in [0.1, 0.15) is 22.3 Å². The zero-order chi connectivity index (χ0) is 10.9. The quantitative estimate of drug-likeness (QED) is 0.770. The third kappa shape index (κ3) is 1.51. The molecule has 1 aromatic rings. The Labute approximate surface area is 92.6 Å². The van der Waals surface area contributed by atoms with Crippen molar-refractivity contribution in [1.29, 1.82) is 5.26 Å². The van der Waals surface area contributed by atoms with Crippen molar-refractivity contribution in [1.82, 2.24) is 0 Å². The molecule has 3 heteroatoms. The molecule has 0 amide bonds. The van der Waals surface area contributed by atoms with E-state index in [4.69, 9.17) is 10.00 Å². The van der Waals surface area contributed by atoms with Crippen LogP contribution < -0.4 is 4.74 Å². The summed E-state index contributed by atoms with van der Waals surface area (Å²) >= 11 is 3.44. The molecule has 0 saturated carbocycles. The van der Waals surface area contributed by atoms with E-state index in [-0.39, 0.29) is 0 Å². The van der Waals surface area contributed by atoms with Crippen molar-refractivity contribution in [3.05, 3.63) is 26.7 Å². The van der Waals surface area contributed by atoms with E-state index in [0.717, 1.165) is 32.5 Å². The fraction of sp³-hybridized carbons (Fsp3) is 0.364. The first-order valence-corrected chi connectivity index (χ1v) is 5.07. The molecule has 0 saturated heterocycles. The summed E-state index contributed by atoms with van der Waals surface area (Å²) in [6, 6.07) is 2.21. The lowest BCUT2D eigenvalue weighted by Gasteiger charge is -2.14. The maximum Gasteiger partial charge on any atom is 0.136 e. The summed E-state index contributed by atoms with van der Waals surface area (Å²) in [6.07, 6.45) is 0. The summed E-state index contributed by atoms with van der Waals surface area (Å²) in [6.45, 7) is 5.81. The van der Waals surface area contributed by atoms with Crippen molar-refractivity contribution in [2.75, 3.05) is 7.11 Å². The summed E-state index contributed by atoms with van der Waals surface area (Å²) in [5.74, 6) is 0.819. The van der Waals surface area contributed by atoms with Crippen LogP contribution in [0, 0.1) is 32.1 Å². The van der Waals surface area contributed by atoms with Crippen LogP contribution in [0.3, 0.4) is 0 Å². The van der Waals surface area contributed by atoms with Gasteiger partial charge in [-0.3, -0.25) is 0 Å². The van der Waals surface area contributed by atoms with E-state index in [1.807, 2.05) is 20.8 Å². The molecule has 0 fully saturated rings. The highest BCUT2D eigenvalue weighted by molar-refractivity contribution is 9.10. The SMILES string of the molecule is COc1c(C)c(C)c(C#N)c(C)c1Br. The molecule has 0 N–H and O–H groups in total. The predicted molar refractivity (Wildman–Crippen MR) is 59.6 cm³/mol. The minimum absolute atomic E-state index is 0.732. The Kier molecular flexibility index (Phi) is 3.17. The molecule has 0 aliphatic carbocycles. The molecule has 0 aliphatic rings. The summed E-state index contributed by atoms with van der Waals surface area (Å²) < 4.78 is 6.16. The number of methoxy groups -OCH3 is 1. The fourth-order valence-corrected chi connectivity index (χ4v) is 2.15. The van der Waals surface area contributed by atoms with Gasteiger partial charge >= 0.3 is 0 Å². The zero-order valence-electron chi connectivity index (χ0n) is 8.73. The van der Waals surface area contributed by atoms with Crippen molar-refractivity contribution >= 4 is 15.9 Å². The van der Waals surface area contributed by atoms with Gasteiger partial charge in [0.05, 0.1) is 23.2 Å². The van der Waals surface area contributed by atoms with Gasteiger partial charge in [0.15, 0.2) is 0 Å². The molecular formula is C11H12BrNO. The molecule has 14 heavy (non-hydrogen) atoms. The average Bonchev–Trinajstić information content (AvgIpc) is 2.17. The molecule has 2 nitrogen and oxygen atoms in total. The van der Waals surface area contributed by atoms with Gasteiger partial charge in [-0.15, -0.1) is 0 Å². The molecule has 0 heterocycles. The monoisotopic (exact) mass is 253 g/mol. The van der Waals surface area contributed by atoms with Crippen LogP contribution in [0.5, 0.6) is 5.75 Å². The Bertz CT molecular complexity index is 382. The van der Waals surface area contributed by atoms with E-state index in [1.54, 1.807) is 7.11 Å². The third-order valence-corrected chi connectivity index (χ3v) is 3.45. The minimum atomic E-state index is 0.732. The number of hydrogen-bond donors (Lipinski definition) is 0. The van der Waals surface area contributed by atoms with Crippen molar-refractivity contribution in [2.45, 2.75) is 20.8 Å². The van der Waals surface area contributed by atoms with Crippen LogP contribution >= 0.6 is 15.9 Å². The highest BCUT2D eigenvalue weighted by atomic mass is 79.9. The maximum absolute atomic E-state index is 9.00. The lowest BCUT2D eigenvalue weighted by atomic mass is 9.98. The van der Waals surface area contributed by atoms with Crippen LogP contribution in [0.2, 0.25) is 0 Å². The van der Waals surface area contributed by atoms with E-state index in [2.05, 4.69) is 22.0 Å². The Hall–Kier alpha value is -1.01. The number of rotatable bonds is 1.